The Bertz CT molecular complexity index is 809. The minimum Gasteiger partial charge on any atom is -0.450 e. The first-order valence-corrected chi connectivity index (χ1v) is 10.7. The number of hydrogen-bond donors (Lipinski definition) is 3. The summed E-state index contributed by atoms with van der Waals surface area (Å²) in [6.07, 6.45) is -1.92. The fourth-order valence-electron chi connectivity index (χ4n) is 3.33. The quantitative estimate of drug-likeness (QED) is 0.466. The summed E-state index contributed by atoms with van der Waals surface area (Å²) in [6, 6.07) is 4.03. The zero-order valence-corrected chi connectivity index (χ0v) is 18.8. The van der Waals surface area contributed by atoms with Crippen LogP contribution in [0.4, 0.5) is 18.0 Å². The molecule has 1 aromatic rings. The number of carbonyl (C=O) groups excluding carboxylic acids is 2. The fourth-order valence-corrected chi connectivity index (χ4v) is 3.33. The van der Waals surface area contributed by atoms with Crippen molar-refractivity contribution in [3.05, 3.63) is 35.4 Å². The van der Waals surface area contributed by atoms with Gasteiger partial charge in [0.15, 0.2) is 5.96 Å². The molecule has 1 fully saturated rings. The minimum atomic E-state index is -4.47. The van der Waals surface area contributed by atoms with Gasteiger partial charge in [-0.3, -0.25) is 4.79 Å². The average molecular weight is 457 g/mol. The second kappa shape index (κ2) is 10.7. The number of guanidine groups is 1. The fraction of sp³-hybridized carbons (Fsp3) is 0.591. The molecule has 178 valence electrons. The van der Waals surface area contributed by atoms with Crippen LogP contribution in [-0.2, 0) is 10.9 Å². The molecule has 1 saturated carbocycles. The first-order chi connectivity index (χ1) is 14.9. The maximum Gasteiger partial charge on any atom is 0.416 e. The van der Waals surface area contributed by atoms with E-state index in [9.17, 15) is 22.8 Å². The molecule has 7 nitrogen and oxygen atoms in total. The molecular weight excluding hydrogens is 425 g/mol. The molecule has 0 bridgehead atoms. The monoisotopic (exact) mass is 456 g/mol. The molecule has 10 heteroatoms. The molecule has 0 atom stereocenters. The third-order valence-electron chi connectivity index (χ3n) is 4.83. The van der Waals surface area contributed by atoms with Crippen molar-refractivity contribution < 1.29 is 27.5 Å². The van der Waals surface area contributed by atoms with E-state index in [1.807, 2.05) is 20.8 Å². The van der Waals surface area contributed by atoms with E-state index in [-0.39, 0.29) is 23.6 Å². The summed E-state index contributed by atoms with van der Waals surface area (Å²) >= 11 is 0. The molecule has 2 amide bonds. The van der Waals surface area contributed by atoms with Gasteiger partial charge in [-0.2, -0.15) is 18.2 Å². The SMILES string of the molecule is CCOC(=O)N[C@H]1CC[C@H](N/C(=N\C(=O)c2ccc(C(F)(F)F)cc2)NC(C)(C)C)CC1. The van der Waals surface area contributed by atoms with Crippen LogP contribution in [0.25, 0.3) is 0 Å². The molecule has 0 radical (unpaired) electrons. The standard InChI is InChI=1S/C22H31F3N4O3/c1-5-32-20(31)27-17-12-10-16(11-13-17)26-19(29-21(2,3)4)28-18(30)14-6-8-15(9-7-14)22(23,24)25/h6-9,16-17H,5,10-13H2,1-4H3,(H,27,31)(H2,26,28,29,30)/t16-,17-. The summed E-state index contributed by atoms with van der Waals surface area (Å²) in [5, 5.41) is 9.22. The number of alkyl halides is 3. The first kappa shape index (κ1) is 25.5. The number of rotatable bonds is 4. The van der Waals surface area contributed by atoms with Crippen molar-refractivity contribution in [3.63, 3.8) is 0 Å². The zero-order valence-electron chi connectivity index (χ0n) is 18.8. The predicted octanol–water partition coefficient (Wildman–Crippen LogP) is 4.24. The number of ether oxygens (including phenoxy) is 1. The Morgan fingerprint density at radius 2 is 1.53 bits per heavy atom. The predicted molar refractivity (Wildman–Crippen MR) is 115 cm³/mol. The number of amides is 2. The molecular formula is C22H31F3N4O3. The molecule has 1 aliphatic carbocycles. The van der Waals surface area contributed by atoms with Gasteiger partial charge in [-0.15, -0.1) is 0 Å². The molecule has 0 aliphatic heterocycles. The van der Waals surface area contributed by atoms with Gasteiger partial charge in [-0.25, -0.2) is 4.79 Å². The Hall–Kier alpha value is -2.78. The third-order valence-corrected chi connectivity index (χ3v) is 4.83. The van der Waals surface area contributed by atoms with E-state index in [1.54, 1.807) is 6.92 Å². The lowest BCUT2D eigenvalue weighted by atomic mass is 9.91. The number of halogens is 3. The minimum absolute atomic E-state index is 0.0249. The van der Waals surface area contributed by atoms with Crippen LogP contribution in [0.2, 0.25) is 0 Å². The van der Waals surface area contributed by atoms with Gasteiger partial charge in [0.25, 0.3) is 5.91 Å². The molecule has 0 aromatic heterocycles. The van der Waals surface area contributed by atoms with Crippen molar-refractivity contribution in [2.24, 2.45) is 4.99 Å². The van der Waals surface area contributed by atoms with Crippen molar-refractivity contribution in [2.75, 3.05) is 6.61 Å². The summed E-state index contributed by atoms with van der Waals surface area (Å²) in [4.78, 5) is 28.2. The van der Waals surface area contributed by atoms with E-state index in [0.29, 0.717) is 6.61 Å². The van der Waals surface area contributed by atoms with Gasteiger partial charge >= 0.3 is 12.3 Å². The van der Waals surface area contributed by atoms with E-state index >= 15 is 0 Å². The molecule has 2 rings (SSSR count). The van der Waals surface area contributed by atoms with Crippen molar-refractivity contribution in [1.29, 1.82) is 0 Å². The van der Waals surface area contributed by atoms with Crippen LogP contribution in [0.3, 0.4) is 0 Å². The van der Waals surface area contributed by atoms with Crippen LogP contribution < -0.4 is 16.0 Å². The van der Waals surface area contributed by atoms with Crippen LogP contribution in [-0.4, -0.2) is 42.2 Å². The van der Waals surface area contributed by atoms with Gasteiger partial charge in [-0.1, -0.05) is 0 Å². The van der Waals surface area contributed by atoms with Crippen molar-refractivity contribution in [1.82, 2.24) is 16.0 Å². The van der Waals surface area contributed by atoms with E-state index < -0.39 is 29.3 Å². The summed E-state index contributed by atoms with van der Waals surface area (Å²) in [5.41, 5.74) is -1.15. The highest BCUT2D eigenvalue weighted by Gasteiger charge is 2.30. The lowest BCUT2D eigenvalue weighted by Crippen LogP contribution is -2.52. The van der Waals surface area contributed by atoms with Gasteiger partial charge in [0.2, 0.25) is 0 Å². The number of nitrogens with one attached hydrogen (secondary N) is 3. The summed E-state index contributed by atoms with van der Waals surface area (Å²) in [5.74, 6) is -0.375. The second-order valence-corrected chi connectivity index (χ2v) is 8.77. The third kappa shape index (κ3) is 8.39. The van der Waals surface area contributed by atoms with Gasteiger partial charge in [0.1, 0.15) is 0 Å². The number of alkyl carbamates (subject to hydrolysis) is 1. The summed E-state index contributed by atoms with van der Waals surface area (Å²) < 4.78 is 43.2. The van der Waals surface area contributed by atoms with Crippen LogP contribution in [0.15, 0.2) is 29.3 Å². The van der Waals surface area contributed by atoms with Crippen molar-refractivity contribution >= 4 is 18.0 Å². The lowest BCUT2D eigenvalue weighted by molar-refractivity contribution is -0.137. The van der Waals surface area contributed by atoms with Crippen LogP contribution in [0, 0.1) is 0 Å². The Balaban J connectivity index is 2.04. The van der Waals surface area contributed by atoms with Crippen molar-refractivity contribution in [2.45, 2.75) is 77.2 Å². The highest BCUT2D eigenvalue weighted by atomic mass is 19.4. The number of nitrogens with zero attached hydrogens (tertiary/aromatic N) is 1. The number of benzene rings is 1. The highest BCUT2D eigenvalue weighted by molar-refractivity contribution is 6.02. The van der Waals surface area contributed by atoms with Crippen LogP contribution in [0.1, 0.15) is 69.3 Å². The normalized spacial score (nSPS) is 19.8. The van der Waals surface area contributed by atoms with E-state index in [2.05, 4.69) is 20.9 Å². The lowest BCUT2D eigenvalue weighted by Gasteiger charge is -2.32. The molecule has 0 unspecified atom stereocenters. The number of hydrogen-bond acceptors (Lipinski definition) is 3. The first-order valence-electron chi connectivity index (χ1n) is 10.7. The van der Waals surface area contributed by atoms with Gasteiger partial charge < -0.3 is 20.7 Å². The second-order valence-electron chi connectivity index (χ2n) is 8.77. The summed E-state index contributed by atoms with van der Waals surface area (Å²) in [6.45, 7) is 7.79. The van der Waals surface area contributed by atoms with Gasteiger partial charge in [0, 0.05) is 23.2 Å². The maximum atomic E-state index is 12.8. The topological polar surface area (TPSA) is 91.8 Å². The molecule has 0 heterocycles. The van der Waals surface area contributed by atoms with E-state index in [0.717, 1.165) is 49.9 Å². The van der Waals surface area contributed by atoms with Gasteiger partial charge in [-0.05, 0) is 77.6 Å². The molecule has 3 N–H and O–H groups in total. The zero-order chi connectivity index (χ0) is 23.9. The number of aliphatic imine (C=N–C) groups is 1. The Kier molecular flexibility index (Phi) is 8.51. The Labute approximate surface area is 186 Å². The van der Waals surface area contributed by atoms with E-state index in [1.165, 1.54) is 0 Å². The smallest absolute Gasteiger partial charge is 0.416 e. The van der Waals surface area contributed by atoms with Crippen LogP contribution in [0.5, 0.6) is 0 Å². The highest BCUT2D eigenvalue weighted by Crippen LogP contribution is 2.29. The number of carbonyl (C=O) groups is 2. The van der Waals surface area contributed by atoms with Gasteiger partial charge in [0.05, 0.1) is 12.2 Å². The van der Waals surface area contributed by atoms with Crippen LogP contribution >= 0.6 is 0 Å². The Morgan fingerprint density at radius 3 is 2.00 bits per heavy atom. The molecule has 1 aliphatic rings. The molecule has 0 saturated heterocycles. The molecule has 1 aromatic carbocycles. The van der Waals surface area contributed by atoms with E-state index in [4.69, 9.17) is 4.74 Å². The maximum absolute atomic E-state index is 12.8. The van der Waals surface area contributed by atoms with Crippen molar-refractivity contribution in [3.8, 4) is 0 Å². The summed E-state index contributed by atoms with van der Waals surface area (Å²) in [7, 11) is 0. The largest absolute Gasteiger partial charge is 0.450 e. The Morgan fingerprint density at radius 1 is 1.00 bits per heavy atom. The molecule has 32 heavy (non-hydrogen) atoms. The molecule has 0 spiro atoms. The average Bonchev–Trinajstić information content (AvgIpc) is 2.68.